The van der Waals surface area contributed by atoms with Crippen molar-refractivity contribution in [3.63, 3.8) is 0 Å². The zero-order valence-corrected chi connectivity index (χ0v) is 15.3. The number of halogens is 2. The van der Waals surface area contributed by atoms with Crippen molar-refractivity contribution in [3.05, 3.63) is 28.2 Å². The monoisotopic (exact) mass is 374 g/mol. The Hall–Kier alpha value is -1.79. The molecule has 0 bridgehead atoms. The van der Waals surface area contributed by atoms with E-state index in [4.69, 9.17) is 32.7 Å². The first-order chi connectivity index (χ1) is 11.4. The normalized spacial score (nSPS) is 12.5. The summed E-state index contributed by atoms with van der Waals surface area (Å²) in [6.07, 6.45) is 0.529. The fourth-order valence-electron chi connectivity index (χ4n) is 1.87. The summed E-state index contributed by atoms with van der Waals surface area (Å²) < 4.78 is 10.3. The number of carbonyl (C=O) groups excluding carboxylic acids is 2. The summed E-state index contributed by atoms with van der Waals surface area (Å²) in [5.74, 6) is -0.981. The molecule has 0 aliphatic rings. The van der Waals surface area contributed by atoms with Crippen LogP contribution in [0.2, 0.25) is 10.0 Å². The molecule has 1 rings (SSSR count). The second-order valence-corrected chi connectivity index (χ2v) is 5.71. The summed E-state index contributed by atoms with van der Waals surface area (Å²) in [6.45, 7) is 5.26. The lowest BCUT2D eigenvalue weighted by molar-refractivity contribution is -0.145. The van der Waals surface area contributed by atoms with E-state index in [1.54, 1.807) is 26.0 Å². The van der Waals surface area contributed by atoms with Gasteiger partial charge in [0.05, 0.1) is 17.5 Å². The Morgan fingerprint density at radius 1 is 1.29 bits per heavy atom. The first-order valence-electron chi connectivity index (χ1n) is 7.46. The van der Waals surface area contributed by atoms with Crippen molar-refractivity contribution in [3.8, 4) is 5.75 Å². The topological polar surface area (TPSA) is 77.0 Å². The summed E-state index contributed by atoms with van der Waals surface area (Å²) in [5, 5.41) is 4.71. The molecule has 1 atom stereocenters. The lowest BCUT2D eigenvalue weighted by atomic mass is 10.0. The lowest BCUT2D eigenvalue weighted by Gasteiger charge is -2.13. The third kappa shape index (κ3) is 6.37. The zero-order valence-electron chi connectivity index (χ0n) is 13.8. The molecular weight excluding hydrogens is 355 g/mol. The number of esters is 1. The van der Waals surface area contributed by atoms with E-state index >= 15 is 0 Å². The van der Waals surface area contributed by atoms with Crippen LogP contribution in [0.25, 0.3) is 0 Å². The second kappa shape index (κ2) is 10.2. The quantitative estimate of drug-likeness (QED) is 0.429. The maximum Gasteiger partial charge on any atom is 0.314 e. The summed E-state index contributed by atoms with van der Waals surface area (Å²) >= 11 is 11.7. The van der Waals surface area contributed by atoms with E-state index in [0.717, 1.165) is 0 Å². The van der Waals surface area contributed by atoms with Crippen LogP contribution in [-0.4, -0.2) is 30.8 Å². The molecule has 1 amide bonds. The van der Waals surface area contributed by atoms with E-state index in [1.807, 2.05) is 6.92 Å². The number of ether oxygens (including phenoxy) is 2. The van der Waals surface area contributed by atoms with Crippen molar-refractivity contribution in [1.29, 1.82) is 0 Å². The molecule has 24 heavy (non-hydrogen) atoms. The Morgan fingerprint density at radius 2 is 2.00 bits per heavy atom. The highest BCUT2D eigenvalue weighted by molar-refractivity contribution is 6.35. The number of hydrazone groups is 1. The summed E-state index contributed by atoms with van der Waals surface area (Å²) in [7, 11) is 0. The molecule has 1 aromatic carbocycles. The Labute approximate surface area is 151 Å². The fraction of sp³-hybridized carbons (Fsp3) is 0.438. The number of benzene rings is 1. The van der Waals surface area contributed by atoms with E-state index in [9.17, 15) is 9.59 Å². The standard InChI is InChI=1S/C16H20Cl2N2O4/c1-4-12(16(22)23-5-2)10(3)19-20-15(21)9-24-14-7-6-11(17)8-13(14)18/h6-8,12H,4-5,9H2,1-3H3,(H,20,21)/b19-10-/t12-/m0/s1. The van der Waals surface area contributed by atoms with Gasteiger partial charge in [-0.15, -0.1) is 0 Å². The largest absolute Gasteiger partial charge is 0.482 e. The van der Waals surface area contributed by atoms with Crippen LogP contribution in [0.5, 0.6) is 5.75 Å². The Morgan fingerprint density at radius 3 is 2.58 bits per heavy atom. The van der Waals surface area contributed by atoms with Gasteiger partial charge in [0.2, 0.25) is 0 Å². The van der Waals surface area contributed by atoms with Gasteiger partial charge in [0.25, 0.3) is 5.91 Å². The molecule has 0 aliphatic heterocycles. The van der Waals surface area contributed by atoms with E-state index < -0.39 is 11.8 Å². The van der Waals surface area contributed by atoms with Crippen LogP contribution < -0.4 is 10.2 Å². The van der Waals surface area contributed by atoms with E-state index in [0.29, 0.717) is 34.5 Å². The molecule has 1 N–H and O–H groups in total. The molecule has 6 nitrogen and oxygen atoms in total. The molecule has 0 unspecified atom stereocenters. The first-order valence-corrected chi connectivity index (χ1v) is 8.22. The van der Waals surface area contributed by atoms with Gasteiger partial charge in [-0.1, -0.05) is 30.1 Å². The molecule has 1 aromatic rings. The van der Waals surface area contributed by atoms with Crippen molar-refractivity contribution in [1.82, 2.24) is 5.43 Å². The van der Waals surface area contributed by atoms with E-state index in [2.05, 4.69) is 10.5 Å². The molecule has 0 heterocycles. The maximum atomic E-state index is 11.8. The summed E-state index contributed by atoms with van der Waals surface area (Å²) in [4.78, 5) is 23.5. The van der Waals surface area contributed by atoms with Gasteiger partial charge in [-0.05, 0) is 38.5 Å². The fourth-order valence-corrected chi connectivity index (χ4v) is 2.33. The number of nitrogens with one attached hydrogen (secondary N) is 1. The minimum atomic E-state index is -0.489. The number of hydrogen-bond acceptors (Lipinski definition) is 5. The zero-order chi connectivity index (χ0) is 18.1. The van der Waals surface area contributed by atoms with Crippen molar-refractivity contribution in [2.75, 3.05) is 13.2 Å². The van der Waals surface area contributed by atoms with Gasteiger partial charge < -0.3 is 9.47 Å². The second-order valence-electron chi connectivity index (χ2n) is 4.86. The minimum Gasteiger partial charge on any atom is -0.482 e. The van der Waals surface area contributed by atoms with Gasteiger partial charge in [-0.25, -0.2) is 5.43 Å². The van der Waals surface area contributed by atoms with Gasteiger partial charge in [0, 0.05) is 10.7 Å². The van der Waals surface area contributed by atoms with Crippen LogP contribution in [0.3, 0.4) is 0 Å². The molecule has 0 saturated carbocycles. The SMILES string of the molecule is CCOC(=O)[C@@H](CC)/C(C)=N\NC(=O)COc1ccc(Cl)cc1Cl. The molecule has 132 valence electrons. The van der Waals surface area contributed by atoms with E-state index in [-0.39, 0.29) is 12.6 Å². The smallest absolute Gasteiger partial charge is 0.314 e. The van der Waals surface area contributed by atoms with Gasteiger partial charge in [0.15, 0.2) is 6.61 Å². The molecule has 0 aliphatic carbocycles. The highest BCUT2D eigenvalue weighted by atomic mass is 35.5. The molecule has 0 fully saturated rings. The van der Waals surface area contributed by atoms with Crippen LogP contribution in [0.4, 0.5) is 0 Å². The molecule has 0 aromatic heterocycles. The number of carbonyl (C=O) groups is 2. The summed E-state index contributed by atoms with van der Waals surface area (Å²) in [5.41, 5.74) is 2.81. The third-order valence-corrected chi connectivity index (χ3v) is 3.62. The third-order valence-electron chi connectivity index (χ3n) is 3.09. The number of hydrogen-bond donors (Lipinski definition) is 1. The Bertz CT molecular complexity index is 620. The highest BCUT2D eigenvalue weighted by Crippen LogP contribution is 2.27. The number of amides is 1. The van der Waals surface area contributed by atoms with Crippen LogP contribution in [0.15, 0.2) is 23.3 Å². The average molecular weight is 375 g/mol. The lowest BCUT2D eigenvalue weighted by Crippen LogP contribution is -2.29. The Kier molecular flexibility index (Phi) is 8.57. The molecule has 8 heteroatoms. The van der Waals surface area contributed by atoms with Gasteiger partial charge in [-0.3, -0.25) is 9.59 Å². The van der Waals surface area contributed by atoms with Crippen molar-refractivity contribution >= 4 is 40.8 Å². The number of nitrogens with zero attached hydrogens (tertiary/aromatic N) is 1. The van der Waals surface area contributed by atoms with Crippen LogP contribution in [-0.2, 0) is 14.3 Å². The van der Waals surface area contributed by atoms with Crippen LogP contribution in [0.1, 0.15) is 27.2 Å². The molecule has 0 spiro atoms. The summed E-state index contributed by atoms with van der Waals surface area (Å²) in [6, 6.07) is 4.69. The molecule has 0 saturated heterocycles. The number of rotatable bonds is 8. The van der Waals surface area contributed by atoms with Crippen LogP contribution >= 0.6 is 23.2 Å². The predicted octanol–water partition coefficient (Wildman–Crippen LogP) is 3.45. The maximum absolute atomic E-state index is 11.8. The molecular formula is C16H20Cl2N2O4. The van der Waals surface area contributed by atoms with Crippen molar-refractivity contribution < 1.29 is 19.1 Å². The minimum absolute atomic E-state index is 0.270. The van der Waals surface area contributed by atoms with Crippen LogP contribution in [0, 0.1) is 5.92 Å². The van der Waals surface area contributed by atoms with Gasteiger partial charge in [0.1, 0.15) is 5.75 Å². The van der Waals surface area contributed by atoms with E-state index in [1.165, 1.54) is 6.07 Å². The Balaban J connectivity index is 2.56. The van der Waals surface area contributed by atoms with Crippen molar-refractivity contribution in [2.45, 2.75) is 27.2 Å². The van der Waals surface area contributed by atoms with Crippen molar-refractivity contribution in [2.24, 2.45) is 11.0 Å². The molecule has 0 radical (unpaired) electrons. The predicted molar refractivity (Wildman–Crippen MR) is 93.6 cm³/mol. The van der Waals surface area contributed by atoms with Gasteiger partial charge in [-0.2, -0.15) is 5.10 Å². The van der Waals surface area contributed by atoms with Gasteiger partial charge >= 0.3 is 5.97 Å². The average Bonchev–Trinajstić information content (AvgIpc) is 2.53. The highest BCUT2D eigenvalue weighted by Gasteiger charge is 2.21. The first kappa shape index (κ1) is 20.3.